The van der Waals surface area contributed by atoms with Gasteiger partial charge in [0.05, 0.1) is 34.8 Å². The number of benzene rings is 1. The van der Waals surface area contributed by atoms with E-state index in [4.69, 9.17) is 32.9 Å². The first-order valence-electron chi connectivity index (χ1n) is 11.4. The van der Waals surface area contributed by atoms with Gasteiger partial charge in [-0.05, 0) is 43.9 Å². The zero-order valence-corrected chi connectivity index (χ0v) is 21.1. The van der Waals surface area contributed by atoms with E-state index in [1.807, 2.05) is 24.6 Å². The highest BCUT2D eigenvalue weighted by Gasteiger charge is 2.36. The molecule has 10 heteroatoms. The second kappa shape index (κ2) is 9.88. The van der Waals surface area contributed by atoms with Crippen molar-refractivity contribution in [1.29, 1.82) is 0 Å². The summed E-state index contributed by atoms with van der Waals surface area (Å²) in [6.07, 6.45) is 3.40. The quantitative estimate of drug-likeness (QED) is 0.538. The van der Waals surface area contributed by atoms with E-state index in [-0.39, 0.29) is 24.0 Å². The molecule has 2 atom stereocenters. The molecule has 2 heterocycles. The summed E-state index contributed by atoms with van der Waals surface area (Å²) < 4.78 is 7.13. The van der Waals surface area contributed by atoms with E-state index in [0.29, 0.717) is 47.1 Å². The van der Waals surface area contributed by atoms with Crippen LogP contribution in [-0.4, -0.2) is 46.1 Å². The smallest absolute Gasteiger partial charge is 0.330 e. The normalized spacial score (nSPS) is 20.4. The average molecular weight is 506 g/mol. The first-order chi connectivity index (χ1) is 16.2. The molecule has 0 spiro atoms. The summed E-state index contributed by atoms with van der Waals surface area (Å²) in [5.74, 6) is 0.937. The molecule has 1 fully saturated rings. The van der Waals surface area contributed by atoms with Crippen molar-refractivity contribution in [2.75, 3.05) is 23.9 Å². The Hall–Kier alpha value is -2.71. The van der Waals surface area contributed by atoms with Crippen LogP contribution in [0.2, 0.25) is 10.0 Å². The van der Waals surface area contributed by atoms with E-state index in [0.717, 1.165) is 30.5 Å². The zero-order valence-electron chi connectivity index (χ0n) is 19.6. The minimum atomic E-state index is -0.228. The number of fused-ring (bicyclic) bond motifs is 1. The standard InChI is InChI=1S/C24H29Cl2N5O3/c1-5-34-22(32)16-7-6-8-17(12-16)27-23-28-21-20(29(23)3)14(2)31(24(33)30(21)4)13-15-9-10-18(25)19(26)11-15/h9-11,16-17H,2,5-8,12-13H2,1,3-4H3,(H,27,28). The zero-order chi connectivity index (χ0) is 24.6. The number of amides is 2. The molecule has 2 amide bonds. The van der Waals surface area contributed by atoms with Crippen LogP contribution < -0.4 is 10.2 Å². The molecule has 2 aromatic rings. The summed E-state index contributed by atoms with van der Waals surface area (Å²) in [4.78, 5) is 33.2. The van der Waals surface area contributed by atoms with Crippen LogP contribution >= 0.6 is 23.2 Å². The molecule has 0 saturated heterocycles. The third kappa shape index (κ3) is 4.61. The maximum Gasteiger partial charge on any atom is 0.330 e. The summed E-state index contributed by atoms with van der Waals surface area (Å²) in [6.45, 7) is 6.72. The summed E-state index contributed by atoms with van der Waals surface area (Å²) in [6, 6.07) is 5.16. The molecular formula is C24H29Cl2N5O3. The number of ether oxygens (including phenoxy) is 1. The number of imidazole rings is 1. The number of carbonyl (C=O) groups is 2. The Morgan fingerprint density at radius 3 is 2.74 bits per heavy atom. The van der Waals surface area contributed by atoms with Crippen LogP contribution in [-0.2, 0) is 23.1 Å². The van der Waals surface area contributed by atoms with Crippen LogP contribution in [0.4, 0.5) is 16.6 Å². The van der Waals surface area contributed by atoms with Crippen molar-refractivity contribution in [1.82, 2.24) is 14.5 Å². The lowest BCUT2D eigenvalue weighted by Crippen LogP contribution is -2.44. The Morgan fingerprint density at radius 1 is 1.26 bits per heavy atom. The van der Waals surface area contributed by atoms with Gasteiger partial charge >= 0.3 is 12.0 Å². The Labute approximate surface area is 209 Å². The molecule has 8 nitrogen and oxygen atoms in total. The fraction of sp³-hybridized carbons (Fsp3) is 0.458. The number of urea groups is 1. The molecule has 1 aliphatic carbocycles. The summed E-state index contributed by atoms with van der Waals surface area (Å²) in [5.41, 5.74) is 2.15. The summed E-state index contributed by atoms with van der Waals surface area (Å²) >= 11 is 12.2. The lowest BCUT2D eigenvalue weighted by atomic mass is 9.86. The highest BCUT2D eigenvalue weighted by atomic mass is 35.5. The number of aromatic nitrogens is 2. The van der Waals surface area contributed by atoms with E-state index < -0.39 is 0 Å². The van der Waals surface area contributed by atoms with Crippen LogP contribution in [0.1, 0.15) is 43.9 Å². The minimum absolute atomic E-state index is 0.0901. The first-order valence-corrected chi connectivity index (χ1v) is 12.1. The van der Waals surface area contributed by atoms with Gasteiger partial charge in [0.25, 0.3) is 0 Å². The molecular weight excluding hydrogens is 477 g/mol. The molecule has 1 aromatic heterocycles. The van der Waals surface area contributed by atoms with Gasteiger partial charge in [-0.15, -0.1) is 0 Å². The van der Waals surface area contributed by atoms with E-state index in [1.165, 1.54) is 4.90 Å². The van der Waals surface area contributed by atoms with Gasteiger partial charge in [-0.2, -0.15) is 4.98 Å². The predicted molar refractivity (Wildman–Crippen MR) is 134 cm³/mol. The Balaban J connectivity index is 1.55. The Bertz CT molecular complexity index is 1130. The van der Waals surface area contributed by atoms with E-state index >= 15 is 0 Å². The number of rotatable bonds is 6. The molecule has 2 aliphatic rings. The summed E-state index contributed by atoms with van der Waals surface area (Å²) in [5, 5.41) is 4.38. The second-order valence-electron chi connectivity index (χ2n) is 8.75. The van der Waals surface area contributed by atoms with Crippen LogP contribution in [0.15, 0.2) is 24.8 Å². The number of nitrogens with one attached hydrogen (secondary N) is 1. The topological polar surface area (TPSA) is 79.7 Å². The number of carbonyl (C=O) groups excluding carboxylic acids is 2. The third-order valence-corrected chi connectivity index (χ3v) is 7.20. The molecule has 0 bridgehead atoms. The van der Waals surface area contributed by atoms with E-state index in [1.54, 1.807) is 24.1 Å². The van der Waals surface area contributed by atoms with Crippen molar-refractivity contribution in [2.45, 2.75) is 45.2 Å². The van der Waals surface area contributed by atoms with Crippen molar-refractivity contribution in [3.05, 3.63) is 46.1 Å². The number of hydrogen-bond donors (Lipinski definition) is 1. The Kier molecular flexibility index (Phi) is 7.09. The number of halogens is 2. The summed E-state index contributed by atoms with van der Waals surface area (Å²) in [7, 11) is 3.59. The van der Waals surface area contributed by atoms with Crippen molar-refractivity contribution in [3.63, 3.8) is 0 Å². The molecule has 2 unspecified atom stereocenters. The van der Waals surface area contributed by atoms with E-state index in [9.17, 15) is 9.59 Å². The number of hydrogen-bond acceptors (Lipinski definition) is 5. The molecule has 1 saturated carbocycles. The molecule has 0 radical (unpaired) electrons. The van der Waals surface area contributed by atoms with Crippen LogP contribution in [0.5, 0.6) is 0 Å². The second-order valence-corrected chi connectivity index (χ2v) is 9.56. The van der Waals surface area contributed by atoms with Crippen molar-refractivity contribution in [2.24, 2.45) is 13.0 Å². The lowest BCUT2D eigenvalue weighted by Gasteiger charge is -2.34. The van der Waals surface area contributed by atoms with Crippen LogP contribution in [0, 0.1) is 5.92 Å². The maximum absolute atomic E-state index is 13.2. The first kappa shape index (κ1) is 24.4. The molecule has 1 aromatic carbocycles. The minimum Gasteiger partial charge on any atom is -0.466 e. The molecule has 1 aliphatic heterocycles. The van der Waals surface area contributed by atoms with Gasteiger partial charge < -0.3 is 14.6 Å². The monoisotopic (exact) mass is 505 g/mol. The number of nitrogens with zero attached hydrogens (tertiary/aromatic N) is 4. The van der Waals surface area contributed by atoms with Gasteiger partial charge in [0.15, 0.2) is 5.82 Å². The van der Waals surface area contributed by atoms with Gasteiger partial charge in [0, 0.05) is 20.1 Å². The molecule has 34 heavy (non-hydrogen) atoms. The van der Waals surface area contributed by atoms with E-state index in [2.05, 4.69) is 11.9 Å². The fourth-order valence-corrected chi connectivity index (χ4v) is 4.97. The fourth-order valence-electron chi connectivity index (χ4n) is 4.65. The maximum atomic E-state index is 13.2. The molecule has 182 valence electrons. The van der Waals surface area contributed by atoms with Crippen molar-refractivity contribution in [3.8, 4) is 0 Å². The van der Waals surface area contributed by atoms with Crippen LogP contribution in [0.3, 0.4) is 0 Å². The van der Waals surface area contributed by atoms with Gasteiger partial charge in [-0.1, -0.05) is 42.3 Å². The van der Waals surface area contributed by atoms with Crippen LogP contribution in [0.25, 0.3) is 5.70 Å². The van der Waals surface area contributed by atoms with Crippen molar-refractivity contribution < 1.29 is 14.3 Å². The molecule has 1 N–H and O–H groups in total. The highest BCUT2D eigenvalue weighted by molar-refractivity contribution is 6.42. The largest absolute Gasteiger partial charge is 0.466 e. The van der Waals surface area contributed by atoms with Gasteiger partial charge in [-0.25, -0.2) is 4.79 Å². The predicted octanol–water partition coefficient (Wildman–Crippen LogP) is 5.30. The SMILES string of the molecule is C=C1c2c(nc(NC3CCCC(C(=O)OCC)C3)n2C)N(C)C(=O)N1Cc1ccc(Cl)c(Cl)c1. The third-order valence-electron chi connectivity index (χ3n) is 6.46. The Morgan fingerprint density at radius 2 is 2.03 bits per heavy atom. The van der Waals surface area contributed by atoms with Gasteiger partial charge in [-0.3, -0.25) is 14.6 Å². The highest BCUT2D eigenvalue weighted by Crippen LogP contribution is 2.38. The lowest BCUT2D eigenvalue weighted by molar-refractivity contribution is -0.149. The van der Waals surface area contributed by atoms with Gasteiger partial charge in [0.2, 0.25) is 5.95 Å². The van der Waals surface area contributed by atoms with Gasteiger partial charge in [0.1, 0.15) is 5.69 Å². The number of esters is 1. The van der Waals surface area contributed by atoms with Crippen molar-refractivity contribution >= 4 is 52.7 Å². The molecule has 4 rings (SSSR count). The number of anilines is 2. The average Bonchev–Trinajstić information content (AvgIpc) is 3.14.